The molecule has 2 aliphatic rings. The number of nitrogens with one attached hydrogen (secondary N) is 2. The van der Waals surface area contributed by atoms with E-state index in [4.69, 9.17) is 4.74 Å². The van der Waals surface area contributed by atoms with Crippen LogP contribution in [-0.2, 0) is 9.53 Å². The van der Waals surface area contributed by atoms with Gasteiger partial charge in [-0.2, -0.15) is 0 Å². The van der Waals surface area contributed by atoms with Crippen molar-refractivity contribution in [2.75, 3.05) is 19.8 Å². The molecule has 1 amide bonds. The molecule has 86 valence electrons. The van der Waals surface area contributed by atoms with Crippen LogP contribution in [0.4, 0.5) is 0 Å². The molecule has 0 aromatic heterocycles. The fraction of sp³-hybridized carbons (Fsp3) is 0.909. The molecular formula is C11H20N2O2. The quantitative estimate of drug-likeness (QED) is 0.691. The molecule has 0 bridgehead atoms. The predicted molar refractivity (Wildman–Crippen MR) is 57.6 cm³/mol. The molecule has 2 rings (SSSR count). The van der Waals surface area contributed by atoms with Gasteiger partial charge < -0.3 is 15.4 Å². The Morgan fingerprint density at radius 3 is 2.93 bits per heavy atom. The maximum absolute atomic E-state index is 11.8. The summed E-state index contributed by atoms with van der Waals surface area (Å²) in [6.07, 6.45) is 3.60. The first-order valence-electron chi connectivity index (χ1n) is 5.89. The molecule has 0 aromatic carbocycles. The van der Waals surface area contributed by atoms with Gasteiger partial charge in [0.05, 0.1) is 13.2 Å². The highest BCUT2D eigenvalue weighted by Crippen LogP contribution is 2.24. The molecule has 4 heteroatoms. The van der Waals surface area contributed by atoms with Gasteiger partial charge in [-0.3, -0.25) is 4.79 Å². The van der Waals surface area contributed by atoms with E-state index in [-0.39, 0.29) is 11.9 Å². The van der Waals surface area contributed by atoms with E-state index in [9.17, 15) is 4.79 Å². The number of carbonyl (C=O) groups excluding carboxylic acids is 1. The van der Waals surface area contributed by atoms with Crippen LogP contribution in [0.2, 0.25) is 0 Å². The van der Waals surface area contributed by atoms with Gasteiger partial charge in [-0.1, -0.05) is 13.3 Å². The van der Waals surface area contributed by atoms with Gasteiger partial charge in [-0.05, 0) is 18.8 Å². The molecule has 3 atom stereocenters. The lowest BCUT2D eigenvalue weighted by Gasteiger charge is -2.25. The first-order valence-corrected chi connectivity index (χ1v) is 5.89. The normalized spacial score (nSPS) is 36.5. The summed E-state index contributed by atoms with van der Waals surface area (Å²) in [7, 11) is 0. The molecule has 0 aromatic rings. The average molecular weight is 212 g/mol. The Morgan fingerprint density at radius 2 is 2.33 bits per heavy atom. The summed E-state index contributed by atoms with van der Waals surface area (Å²) in [5.74, 6) is 0.729. The van der Waals surface area contributed by atoms with Crippen molar-refractivity contribution in [2.24, 2.45) is 5.92 Å². The number of hydrogen-bond donors (Lipinski definition) is 2. The summed E-state index contributed by atoms with van der Waals surface area (Å²) in [4.78, 5) is 11.8. The number of rotatable bonds is 2. The van der Waals surface area contributed by atoms with Gasteiger partial charge in [0, 0.05) is 12.6 Å². The third kappa shape index (κ3) is 2.69. The molecule has 0 spiro atoms. The average Bonchev–Trinajstić information content (AvgIpc) is 2.66. The first kappa shape index (κ1) is 10.9. The molecule has 2 fully saturated rings. The lowest BCUT2D eigenvalue weighted by atomic mass is 10.1. The topological polar surface area (TPSA) is 50.4 Å². The fourth-order valence-corrected chi connectivity index (χ4v) is 2.38. The zero-order valence-corrected chi connectivity index (χ0v) is 9.29. The second-order valence-electron chi connectivity index (χ2n) is 4.60. The van der Waals surface area contributed by atoms with Crippen molar-refractivity contribution in [1.82, 2.24) is 10.6 Å². The van der Waals surface area contributed by atoms with Crippen LogP contribution in [0.5, 0.6) is 0 Å². The van der Waals surface area contributed by atoms with Gasteiger partial charge in [-0.15, -0.1) is 0 Å². The Morgan fingerprint density at radius 1 is 1.47 bits per heavy atom. The van der Waals surface area contributed by atoms with E-state index in [1.54, 1.807) is 0 Å². The van der Waals surface area contributed by atoms with Gasteiger partial charge in [-0.25, -0.2) is 0 Å². The SMILES string of the molecule is CC1CCCC1NC(=O)C1COCCN1. The standard InChI is InChI=1S/C11H20N2O2/c1-8-3-2-4-9(8)13-11(14)10-7-15-6-5-12-10/h8-10,12H,2-7H2,1H3,(H,13,14). The third-order valence-corrected chi connectivity index (χ3v) is 3.43. The zero-order valence-electron chi connectivity index (χ0n) is 9.29. The summed E-state index contributed by atoms with van der Waals surface area (Å²) in [5.41, 5.74) is 0. The highest BCUT2D eigenvalue weighted by Gasteiger charge is 2.28. The minimum Gasteiger partial charge on any atom is -0.378 e. The summed E-state index contributed by atoms with van der Waals surface area (Å²) < 4.78 is 5.27. The van der Waals surface area contributed by atoms with Crippen LogP contribution in [-0.4, -0.2) is 37.7 Å². The molecule has 2 N–H and O–H groups in total. The molecule has 1 aliphatic heterocycles. The maximum Gasteiger partial charge on any atom is 0.239 e. The number of morpholine rings is 1. The molecule has 4 nitrogen and oxygen atoms in total. The van der Waals surface area contributed by atoms with Crippen molar-refractivity contribution in [3.05, 3.63) is 0 Å². The van der Waals surface area contributed by atoms with Crippen LogP contribution >= 0.6 is 0 Å². The Kier molecular flexibility index (Phi) is 3.59. The lowest BCUT2D eigenvalue weighted by molar-refractivity contribution is -0.126. The first-order chi connectivity index (χ1) is 7.27. The van der Waals surface area contributed by atoms with Gasteiger partial charge in [0.2, 0.25) is 5.91 Å². The van der Waals surface area contributed by atoms with Gasteiger partial charge in [0.25, 0.3) is 0 Å². The summed E-state index contributed by atoms with van der Waals surface area (Å²) in [6, 6.07) is 0.229. The molecule has 15 heavy (non-hydrogen) atoms. The van der Waals surface area contributed by atoms with Crippen LogP contribution < -0.4 is 10.6 Å². The van der Waals surface area contributed by atoms with E-state index in [0.29, 0.717) is 25.2 Å². The van der Waals surface area contributed by atoms with Crippen molar-refractivity contribution in [3.8, 4) is 0 Å². The lowest BCUT2D eigenvalue weighted by Crippen LogP contribution is -2.53. The molecule has 1 saturated carbocycles. The van der Waals surface area contributed by atoms with Crippen LogP contribution in [0, 0.1) is 5.92 Å². The minimum atomic E-state index is -0.147. The van der Waals surface area contributed by atoms with Crippen molar-refractivity contribution in [1.29, 1.82) is 0 Å². The summed E-state index contributed by atoms with van der Waals surface area (Å²) in [5, 5.41) is 6.29. The fourth-order valence-electron chi connectivity index (χ4n) is 2.38. The smallest absolute Gasteiger partial charge is 0.239 e. The minimum absolute atomic E-state index is 0.105. The molecular weight excluding hydrogens is 192 g/mol. The van der Waals surface area contributed by atoms with E-state index in [1.165, 1.54) is 12.8 Å². The van der Waals surface area contributed by atoms with Crippen LogP contribution in [0.15, 0.2) is 0 Å². The second-order valence-corrected chi connectivity index (χ2v) is 4.60. The second kappa shape index (κ2) is 4.94. The Labute approximate surface area is 90.8 Å². The van der Waals surface area contributed by atoms with Crippen molar-refractivity contribution in [3.63, 3.8) is 0 Å². The van der Waals surface area contributed by atoms with E-state index in [2.05, 4.69) is 17.6 Å². The molecule has 1 heterocycles. The molecule has 1 aliphatic carbocycles. The highest BCUT2D eigenvalue weighted by atomic mass is 16.5. The molecule has 1 saturated heterocycles. The van der Waals surface area contributed by atoms with E-state index in [1.807, 2.05) is 0 Å². The van der Waals surface area contributed by atoms with E-state index < -0.39 is 0 Å². The number of amides is 1. The number of hydrogen-bond acceptors (Lipinski definition) is 3. The Balaban J connectivity index is 1.80. The third-order valence-electron chi connectivity index (χ3n) is 3.43. The Hall–Kier alpha value is -0.610. The van der Waals surface area contributed by atoms with Gasteiger partial charge in [0.15, 0.2) is 0 Å². The summed E-state index contributed by atoms with van der Waals surface area (Å²) in [6.45, 7) is 4.21. The van der Waals surface area contributed by atoms with Gasteiger partial charge >= 0.3 is 0 Å². The largest absolute Gasteiger partial charge is 0.378 e. The van der Waals surface area contributed by atoms with E-state index >= 15 is 0 Å². The molecule has 0 radical (unpaired) electrons. The van der Waals surface area contributed by atoms with Crippen molar-refractivity contribution < 1.29 is 9.53 Å². The van der Waals surface area contributed by atoms with E-state index in [0.717, 1.165) is 13.0 Å². The highest BCUT2D eigenvalue weighted by molar-refractivity contribution is 5.82. The molecule has 3 unspecified atom stereocenters. The maximum atomic E-state index is 11.8. The van der Waals surface area contributed by atoms with Crippen LogP contribution in [0.25, 0.3) is 0 Å². The predicted octanol–water partition coefficient (Wildman–Crippen LogP) is 0.280. The zero-order chi connectivity index (χ0) is 10.7. The van der Waals surface area contributed by atoms with Crippen LogP contribution in [0.3, 0.4) is 0 Å². The Bertz CT molecular complexity index is 227. The number of carbonyl (C=O) groups is 1. The van der Waals surface area contributed by atoms with Crippen molar-refractivity contribution in [2.45, 2.75) is 38.3 Å². The van der Waals surface area contributed by atoms with Crippen LogP contribution in [0.1, 0.15) is 26.2 Å². The number of ether oxygens (including phenoxy) is 1. The summed E-state index contributed by atoms with van der Waals surface area (Å²) >= 11 is 0. The van der Waals surface area contributed by atoms with Crippen molar-refractivity contribution >= 4 is 5.91 Å². The monoisotopic (exact) mass is 212 g/mol. The van der Waals surface area contributed by atoms with Gasteiger partial charge in [0.1, 0.15) is 6.04 Å².